The van der Waals surface area contributed by atoms with E-state index in [0.29, 0.717) is 6.26 Å². The maximum atomic E-state index is 12.3. The third-order valence-electron chi connectivity index (χ3n) is 2.96. The summed E-state index contributed by atoms with van der Waals surface area (Å²) in [6.45, 7) is -1.05. The first kappa shape index (κ1) is 25.8. The number of hydrogen-bond acceptors (Lipinski definition) is 12. The highest BCUT2D eigenvalue weighted by molar-refractivity contribution is 7.86. The van der Waals surface area contributed by atoms with Crippen LogP contribution in [0.25, 0.3) is 0 Å². The van der Waals surface area contributed by atoms with Crippen LogP contribution in [0.5, 0.6) is 0 Å². The predicted octanol–water partition coefficient (Wildman–Crippen LogP) is -0.292. The highest BCUT2D eigenvalue weighted by Gasteiger charge is 2.41. The number of esters is 3. The summed E-state index contributed by atoms with van der Waals surface area (Å²) in [6.07, 6.45) is -2.79. The Morgan fingerprint density at radius 2 is 1.28 bits per heavy atom. The Labute approximate surface area is 167 Å². The minimum atomic E-state index is -4.28. The Bertz CT molecular complexity index is 805. The van der Waals surface area contributed by atoms with E-state index in [1.807, 2.05) is 0 Å². The van der Waals surface area contributed by atoms with Crippen LogP contribution in [0.15, 0.2) is 0 Å². The maximum absolute atomic E-state index is 12.3. The molecule has 2 atom stereocenters. The molecule has 0 aromatic carbocycles. The molecule has 0 bridgehead atoms. The second-order valence-corrected chi connectivity index (χ2v) is 6.91. The van der Waals surface area contributed by atoms with E-state index in [-0.39, 0.29) is 32.5 Å². The summed E-state index contributed by atoms with van der Waals surface area (Å²) in [6, 6.07) is 5.14. The highest BCUT2D eigenvalue weighted by Crippen LogP contribution is 2.20. The van der Waals surface area contributed by atoms with Gasteiger partial charge < -0.3 is 14.2 Å². The summed E-state index contributed by atoms with van der Waals surface area (Å²) in [7, 11) is -4.28. The van der Waals surface area contributed by atoms with Crippen LogP contribution in [-0.2, 0) is 42.9 Å². The van der Waals surface area contributed by atoms with Crippen molar-refractivity contribution in [1.82, 2.24) is 0 Å². The molecule has 12 nitrogen and oxygen atoms in total. The van der Waals surface area contributed by atoms with Crippen molar-refractivity contribution in [3.63, 3.8) is 0 Å². The van der Waals surface area contributed by atoms with Gasteiger partial charge in [-0.15, -0.1) is 0 Å². The van der Waals surface area contributed by atoms with E-state index in [9.17, 15) is 22.8 Å². The highest BCUT2D eigenvalue weighted by atomic mass is 32.2. The molecule has 0 heterocycles. The summed E-state index contributed by atoms with van der Waals surface area (Å²) >= 11 is 0. The van der Waals surface area contributed by atoms with Crippen molar-refractivity contribution in [2.24, 2.45) is 5.92 Å². The van der Waals surface area contributed by atoms with E-state index in [1.54, 1.807) is 18.2 Å². The van der Waals surface area contributed by atoms with Crippen molar-refractivity contribution in [3.05, 3.63) is 0 Å². The molecule has 29 heavy (non-hydrogen) atoms. The van der Waals surface area contributed by atoms with Gasteiger partial charge in [-0.05, 0) is 0 Å². The van der Waals surface area contributed by atoms with E-state index < -0.39 is 53.1 Å². The maximum Gasteiger partial charge on any atom is 0.337 e. The van der Waals surface area contributed by atoms with Gasteiger partial charge >= 0.3 is 17.9 Å². The average Bonchev–Trinajstić information content (AvgIpc) is 2.64. The SMILES string of the molecule is CS(=O)(=O)OC(C(=O)OCCC#N)C(CC(=O)OCCC#N)C(=O)OCCC#N. The van der Waals surface area contributed by atoms with Gasteiger partial charge in [-0.3, -0.25) is 13.8 Å². The number of ether oxygens (including phenoxy) is 3. The number of hydrogen-bond donors (Lipinski definition) is 0. The molecule has 0 rings (SSSR count). The fourth-order valence-corrected chi connectivity index (χ4v) is 2.39. The lowest BCUT2D eigenvalue weighted by molar-refractivity contribution is -0.167. The van der Waals surface area contributed by atoms with Crippen molar-refractivity contribution in [3.8, 4) is 18.2 Å². The molecular formula is C16H19N3O9S. The summed E-state index contributed by atoms with van der Waals surface area (Å²) in [5.41, 5.74) is 0. The number of rotatable bonds is 13. The first-order chi connectivity index (χ1) is 13.7. The number of carbonyl (C=O) groups excluding carboxylic acids is 3. The second-order valence-electron chi connectivity index (χ2n) is 5.31. The van der Waals surface area contributed by atoms with Gasteiger partial charge in [0.1, 0.15) is 25.7 Å². The monoisotopic (exact) mass is 429 g/mol. The van der Waals surface area contributed by atoms with E-state index >= 15 is 0 Å². The van der Waals surface area contributed by atoms with Crippen LogP contribution in [0.3, 0.4) is 0 Å². The fraction of sp³-hybridized carbons (Fsp3) is 0.625. The van der Waals surface area contributed by atoms with Crippen molar-refractivity contribution in [1.29, 1.82) is 15.8 Å². The van der Waals surface area contributed by atoms with Crippen LogP contribution in [0, 0.1) is 39.9 Å². The molecule has 0 amide bonds. The minimum absolute atomic E-state index is 0.123. The first-order valence-electron chi connectivity index (χ1n) is 8.14. The van der Waals surface area contributed by atoms with E-state index in [1.165, 1.54) is 0 Å². The molecule has 2 unspecified atom stereocenters. The molecule has 0 aliphatic rings. The zero-order valence-electron chi connectivity index (χ0n) is 15.5. The van der Waals surface area contributed by atoms with Crippen LogP contribution in [0.4, 0.5) is 0 Å². The third-order valence-corrected chi connectivity index (χ3v) is 3.52. The molecule has 0 saturated carbocycles. The Hall–Kier alpha value is -3.21. The summed E-state index contributed by atoms with van der Waals surface area (Å²) in [5.74, 6) is -5.29. The van der Waals surface area contributed by atoms with Crippen LogP contribution in [0.1, 0.15) is 25.7 Å². The Kier molecular flexibility index (Phi) is 12.3. The molecule has 0 N–H and O–H groups in total. The van der Waals surface area contributed by atoms with Crippen LogP contribution in [0.2, 0.25) is 0 Å². The first-order valence-corrected chi connectivity index (χ1v) is 9.96. The zero-order valence-corrected chi connectivity index (χ0v) is 16.3. The topological polar surface area (TPSA) is 194 Å². The predicted molar refractivity (Wildman–Crippen MR) is 91.4 cm³/mol. The van der Waals surface area contributed by atoms with Crippen LogP contribution in [-0.4, -0.2) is 58.5 Å². The largest absolute Gasteiger partial charge is 0.465 e. The molecule has 0 saturated heterocycles. The van der Waals surface area contributed by atoms with E-state index in [2.05, 4.69) is 4.18 Å². The molecule has 0 aliphatic heterocycles. The number of nitriles is 3. The molecule has 0 aromatic rings. The lowest BCUT2D eigenvalue weighted by atomic mass is 9.98. The molecule has 0 radical (unpaired) electrons. The van der Waals surface area contributed by atoms with E-state index in [0.717, 1.165) is 0 Å². The fourth-order valence-electron chi connectivity index (χ4n) is 1.81. The van der Waals surface area contributed by atoms with Crippen molar-refractivity contribution < 1.29 is 41.2 Å². The second kappa shape index (κ2) is 13.9. The Morgan fingerprint density at radius 3 is 1.72 bits per heavy atom. The quantitative estimate of drug-likeness (QED) is 0.161. The van der Waals surface area contributed by atoms with Gasteiger partial charge in [-0.2, -0.15) is 24.2 Å². The molecule has 0 aliphatic carbocycles. The van der Waals surface area contributed by atoms with Gasteiger partial charge in [0.05, 0.1) is 50.1 Å². The minimum Gasteiger partial charge on any atom is -0.465 e. The lowest BCUT2D eigenvalue weighted by Crippen LogP contribution is -2.42. The normalized spacial score (nSPS) is 12.3. The van der Waals surface area contributed by atoms with E-state index in [4.69, 9.17) is 30.0 Å². The molecular weight excluding hydrogens is 410 g/mol. The number of nitrogens with zero attached hydrogens (tertiary/aromatic N) is 3. The van der Waals surface area contributed by atoms with Crippen molar-refractivity contribution in [2.75, 3.05) is 26.1 Å². The zero-order chi connectivity index (χ0) is 22.3. The van der Waals surface area contributed by atoms with Gasteiger partial charge in [-0.1, -0.05) is 0 Å². The van der Waals surface area contributed by atoms with Gasteiger partial charge in [0.25, 0.3) is 10.1 Å². The third kappa shape index (κ3) is 12.0. The average molecular weight is 429 g/mol. The molecule has 0 spiro atoms. The van der Waals surface area contributed by atoms with Crippen LogP contribution < -0.4 is 0 Å². The van der Waals surface area contributed by atoms with Gasteiger partial charge in [0, 0.05) is 0 Å². The summed E-state index contributed by atoms with van der Waals surface area (Å²) < 4.78 is 41.9. The van der Waals surface area contributed by atoms with Gasteiger partial charge in [0.2, 0.25) is 0 Å². The Morgan fingerprint density at radius 1 is 0.828 bits per heavy atom. The van der Waals surface area contributed by atoms with Crippen molar-refractivity contribution >= 4 is 28.0 Å². The molecule has 0 aromatic heterocycles. The smallest absolute Gasteiger partial charge is 0.337 e. The summed E-state index contributed by atoms with van der Waals surface area (Å²) in [4.78, 5) is 36.5. The summed E-state index contributed by atoms with van der Waals surface area (Å²) in [5, 5.41) is 25.4. The van der Waals surface area contributed by atoms with Gasteiger partial charge in [0.15, 0.2) is 6.10 Å². The Balaban J connectivity index is 5.60. The van der Waals surface area contributed by atoms with Gasteiger partial charge in [-0.25, -0.2) is 4.79 Å². The van der Waals surface area contributed by atoms with Crippen LogP contribution >= 0.6 is 0 Å². The molecule has 0 fully saturated rings. The standard InChI is InChI=1S/C16H19N3O9S/c1-29(23,24)28-14(16(22)27-10-4-7-19)12(15(21)26-9-3-6-18)11-13(20)25-8-2-5-17/h12,14H,2-4,8-11H2,1H3. The molecule has 13 heteroatoms. The number of carbonyl (C=O) groups is 3. The van der Waals surface area contributed by atoms with Crippen molar-refractivity contribution in [2.45, 2.75) is 31.8 Å². The molecule has 158 valence electrons. The lowest BCUT2D eigenvalue weighted by Gasteiger charge is -2.22.